The first-order valence-corrected chi connectivity index (χ1v) is 16.5. The summed E-state index contributed by atoms with van der Waals surface area (Å²) < 4.78 is 57.8. The Kier molecular flexibility index (Phi) is 4.91. The third-order valence-electron chi connectivity index (χ3n) is 9.56. The van der Waals surface area contributed by atoms with Gasteiger partial charge in [0.05, 0.1) is 34.5 Å². The molecular formula is C45H26N4O2. The number of hydrogen-bond donors (Lipinski definition) is 0. The molecule has 0 saturated carbocycles. The monoisotopic (exact) mass is 659 g/mol. The zero-order chi connectivity index (χ0) is 37.8. The zero-order valence-corrected chi connectivity index (χ0v) is 26.7. The van der Waals surface area contributed by atoms with Crippen molar-refractivity contribution in [3.63, 3.8) is 0 Å². The molecule has 238 valence electrons. The largest absolute Gasteiger partial charge is 0.456 e. The van der Waals surface area contributed by atoms with Crippen molar-refractivity contribution < 1.29 is 15.7 Å². The molecule has 11 rings (SSSR count). The van der Waals surface area contributed by atoms with Gasteiger partial charge in [0.1, 0.15) is 22.3 Å². The van der Waals surface area contributed by atoms with Gasteiger partial charge in [0, 0.05) is 38.1 Å². The molecule has 0 atom stereocenters. The van der Waals surface area contributed by atoms with Gasteiger partial charge in [-0.05, 0) is 48.5 Å². The van der Waals surface area contributed by atoms with E-state index in [-0.39, 0.29) is 23.0 Å². The van der Waals surface area contributed by atoms with Crippen LogP contribution >= 0.6 is 0 Å². The van der Waals surface area contributed by atoms with Crippen molar-refractivity contribution in [1.29, 1.82) is 0 Å². The number of nitrogens with zero attached hydrogens (tertiary/aromatic N) is 4. The maximum Gasteiger partial charge on any atom is 0.167 e. The standard InChI is InChI=1S/C45H26N4O2/c1-2-12-27(13-3-1)43-46-44(28-24-25-32-31-16-6-9-22-38(31)50-40(32)26-28)48-45(47-43)34-18-10-17-33-41-37(21-11-23-39(41)51-42(33)34)49-35-19-7-4-14-29(35)30-15-5-8-20-36(30)49/h1-26H/i1D,2D,3D,12D,13D. The fourth-order valence-corrected chi connectivity index (χ4v) is 7.34. The highest BCUT2D eigenvalue weighted by atomic mass is 16.3. The van der Waals surface area contributed by atoms with Crippen molar-refractivity contribution in [3.8, 4) is 39.9 Å². The number of aromatic nitrogens is 4. The van der Waals surface area contributed by atoms with Crippen molar-refractivity contribution in [2.45, 2.75) is 0 Å². The molecule has 0 aliphatic rings. The number of furan rings is 2. The molecule has 7 aromatic carbocycles. The molecule has 0 unspecified atom stereocenters. The summed E-state index contributed by atoms with van der Waals surface area (Å²) in [5, 5.41) is 5.94. The number of benzene rings is 7. The highest BCUT2D eigenvalue weighted by Gasteiger charge is 2.21. The number of rotatable bonds is 4. The van der Waals surface area contributed by atoms with Gasteiger partial charge < -0.3 is 13.4 Å². The minimum absolute atomic E-state index is 0.0641. The predicted octanol–water partition coefficient (Wildman–Crippen LogP) is 11.8. The van der Waals surface area contributed by atoms with Gasteiger partial charge in [0.2, 0.25) is 0 Å². The number of hydrogen-bond acceptors (Lipinski definition) is 5. The van der Waals surface area contributed by atoms with Crippen LogP contribution in [0.25, 0.3) is 106 Å². The van der Waals surface area contributed by atoms with Gasteiger partial charge in [-0.3, -0.25) is 0 Å². The molecule has 0 spiro atoms. The van der Waals surface area contributed by atoms with Crippen LogP contribution in [0.15, 0.2) is 166 Å². The molecule has 6 nitrogen and oxygen atoms in total. The summed E-state index contributed by atoms with van der Waals surface area (Å²) in [5.41, 5.74) is 6.68. The van der Waals surface area contributed by atoms with Crippen LogP contribution in [-0.4, -0.2) is 19.5 Å². The van der Waals surface area contributed by atoms with Gasteiger partial charge in [0.15, 0.2) is 17.5 Å². The Morgan fingerprint density at radius 2 is 1.10 bits per heavy atom. The van der Waals surface area contributed by atoms with E-state index in [9.17, 15) is 0 Å². The maximum absolute atomic E-state index is 8.80. The van der Waals surface area contributed by atoms with Crippen LogP contribution < -0.4 is 0 Å². The summed E-state index contributed by atoms with van der Waals surface area (Å²) in [6.07, 6.45) is 0. The van der Waals surface area contributed by atoms with Crippen molar-refractivity contribution in [1.82, 2.24) is 19.5 Å². The molecule has 0 bridgehead atoms. The second-order valence-corrected chi connectivity index (χ2v) is 12.4. The second-order valence-electron chi connectivity index (χ2n) is 12.4. The lowest BCUT2D eigenvalue weighted by molar-refractivity contribution is 0.668. The summed E-state index contributed by atoms with van der Waals surface area (Å²) in [5.74, 6) is 0.383. The Bertz CT molecular complexity index is 3380. The topological polar surface area (TPSA) is 69.9 Å². The Balaban J connectivity index is 1.18. The lowest BCUT2D eigenvalue weighted by Gasteiger charge is -2.10. The fourth-order valence-electron chi connectivity index (χ4n) is 7.34. The normalized spacial score (nSPS) is 13.3. The van der Waals surface area contributed by atoms with Gasteiger partial charge in [0.25, 0.3) is 0 Å². The lowest BCUT2D eigenvalue weighted by atomic mass is 10.1. The van der Waals surface area contributed by atoms with E-state index in [4.69, 9.17) is 30.6 Å². The summed E-state index contributed by atoms with van der Waals surface area (Å²) in [6, 6.07) is 39.7. The Hall–Kier alpha value is -7.05. The van der Waals surface area contributed by atoms with Crippen LogP contribution in [-0.2, 0) is 0 Å². The molecular weight excluding hydrogens is 629 g/mol. The molecule has 0 radical (unpaired) electrons. The average molecular weight is 660 g/mol. The van der Waals surface area contributed by atoms with Crippen molar-refractivity contribution in [2.75, 3.05) is 0 Å². The van der Waals surface area contributed by atoms with E-state index < -0.39 is 30.2 Å². The first-order chi connectivity index (χ1) is 27.4. The third-order valence-corrected chi connectivity index (χ3v) is 9.56. The molecule has 0 saturated heterocycles. The molecule has 0 N–H and O–H groups in total. The van der Waals surface area contributed by atoms with Crippen LogP contribution in [0.3, 0.4) is 0 Å². The average Bonchev–Trinajstić information content (AvgIpc) is 3.91. The van der Waals surface area contributed by atoms with E-state index in [1.165, 1.54) is 0 Å². The zero-order valence-electron chi connectivity index (χ0n) is 31.7. The minimum Gasteiger partial charge on any atom is -0.456 e. The van der Waals surface area contributed by atoms with Crippen LogP contribution in [0.1, 0.15) is 6.85 Å². The molecule has 51 heavy (non-hydrogen) atoms. The molecule has 11 aromatic rings. The second kappa shape index (κ2) is 10.7. The van der Waals surface area contributed by atoms with Gasteiger partial charge in [-0.15, -0.1) is 0 Å². The smallest absolute Gasteiger partial charge is 0.167 e. The molecule has 0 amide bonds. The van der Waals surface area contributed by atoms with E-state index in [0.29, 0.717) is 27.9 Å². The summed E-state index contributed by atoms with van der Waals surface area (Å²) in [4.78, 5) is 14.6. The molecule has 4 heterocycles. The highest BCUT2D eigenvalue weighted by molar-refractivity contribution is 6.16. The van der Waals surface area contributed by atoms with Gasteiger partial charge >= 0.3 is 0 Å². The van der Waals surface area contributed by atoms with Crippen molar-refractivity contribution >= 4 is 65.7 Å². The quantitative estimate of drug-likeness (QED) is 0.188. The maximum atomic E-state index is 8.80. The van der Waals surface area contributed by atoms with E-state index in [0.717, 1.165) is 54.6 Å². The predicted molar refractivity (Wildman–Crippen MR) is 205 cm³/mol. The summed E-state index contributed by atoms with van der Waals surface area (Å²) in [6.45, 7) is 0. The number of fused-ring (bicyclic) bond motifs is 9. The molecule has 0 fully saturated rings. The van der Waals surface area contributed by atoms with Crippen LogP contribution in [0.4, 0.5) is 0 Å². The van der Waals surface area contributed by atoms with E-state index in [1.54, 1.807) is 0 Å². The molecule has 0 aliphatic heterocycles. The lowest BCUT2D eigenvalue weighted by Crippen LogP contribution is -2.00. The Morgan fingerprint density at radius 3 is 1.90 bits per heavy atom. The molecule has 0 aliphatic carbocycles. The third kappa shape index (κ3) is 4.20. The van der Waals surface area contributed by atoms with E-state index in [2.05, 4.69) is 47.0 Å². The highest BCUT2D eigenvalue weighted by Crippen LogP contribution is 2.41. The van der Waals surface area contributed by atoms with E-state index >= 15 is 0 Å². The fraction of sp³-hybridized carbons (Fsp3) is 0. The van der Waals surface area contributed by atoms with E-state index in [1.807, 2.05) is 84.9 Å². The van der Waals surface area contributed by atoms with Crippen molar-refractivity contribution in [2.24, 2.45) is 0 Å². The minimum atomic E-state index is -0.500. The van der Waals surface area contributed by atoms with Crippen molar-refractivity contribution in [3.05, 3.63) is 158 Å². The first kappa shape index (κ1) is 23.3. The SMILES string of the molecule is [2H]c1c([2H])c([2H])c(-c2nc(-c3ccc4c(c3)oc3ccccc34)nc(-c3cccc4c3oc3cccc(-n5c6ccccc6c6ccccc65)c34)n2)c([2H])c1[2H]. The summed E-state index contributed by atoms with van der Waals surface area (Å²) >= 11 is 0. The first-order valence-electron chi connectivity index (χ1n) is 19.0. The molecule has 4 aromatic heterocycles. The van der Waals surface area contributed by atoms with Crippen LogP contribution in [0, 0.1) is 0 Å². The number of para-hydroxylation sites is 4. The Morgan fingerprint density at radius 1 is 0.471 bits per heavy atom. The Labute approximate surface area is 297 Å². The van der Waals surface area contributed by atoms with Gasteiger partial charge in [-0.1, -0.05) is 109 Å². The van der Waals surface area contributed by atoms with Crippen LogP contribution in [0.5, 0.6) is 0 Å². The van der Waals surface area contributed by atoms with Crippen LogP contribution in [0.2, 0.25) is 0 Å². The summed E-state index contributed by atoms with van der Waals surface area (Å²) in [7, 11) is 0. The van der Waals surface area contributed by atoms with Gasteiger partial charge in [-0.2, -0.15) is 0 Å². The van der Waals surface area contributed by atoms with Gasteiger partial charge in [-0.25, -0.2) is 15.0 Å². The molecule has 6 heteroatoms.